The first kappa shape index (κ1) is 18.3. The Balaban J connectivity index is 2.09. The fourth-order valence-corrected chi connectivity index (χ4v) is 8.65. The number of benzene rings is 2. The Hall–Kier alpha value is -1.46. The minimum absolute atomic E-state index is 0.00694. The van der Waals surface area contributed by atoms with Gasteiger partial charge >= 0.3 is 0 Å². The molecule has 4 heteroatoms. The zero-order valence-electron chi connectivity index (χ0n) is 15.4. The molecule has 1 fully saturated rings. The molecule has 1 heterocycles. The second-order valence-corrected chi connectivity index (χ2v) is 12.2. The van der Waals surface area contributed by atoms with E-state index in [9.17, 15) is 5.11 Å². The lowest BCUT2D eigenvalue weighted by Crippen LogP contribution is -2.67. The standard InChI is InChI=1S/C21H29NO2Si/c1-21(2,3)25(19-10-6-4-7-11-19,20-12-8-5-9-13-20)24-18-14-17(16-23)22-15-18/h4-13,17-18,22-23H,14-16H2,1-3H3/t17-,18-/m0/s1. The van der Waals surface area contributed by atoms with Crippen LogP contribution in [0.5, 0.6) is 0 Å². The van der Waals surface area contributed by atoms with Crippen LogP contribution in [0.1, 0.15) is 27.2 Å². The number of rotatable bonds is 5. The van der Waals surface area contributed by atoms with Crippen LogP contribution in [-0.2, 0) is 4.43 Å². The van der Waals surface area contributed by atoms with Crippen LogP contribution >= 0.6 is 0 Å². The molecule has 0 bridgehead atoms. The lowest BCUT2D eigenvalue weighted by atomic mass is 10.2. The Morgan fingerprint density at radius 1 is 1.00 bits per heavy atom. The van der Waals surface area contributed by atoms with Crippen LogP contribution < -0.4 is 15.7 Å². The van der Waals surface area contributed by atoms with Crippen molar-refractivity contribution in [1.82, 2.24) is 5.32 Å². The van der Waals surface area contributed by atoms with E-state index in [1.54, 1.807) is 0 Å². The zero-order chi connectivity index (χ0) is 17.9. The first-order valence-corrected chi connectivity index (χ1v) is 11.0. The van der Waals surface area contributed by atoms with Gasteiger partial charge in [0, 0.05) is 12.6 Å². The summed E-state index contributed by atoms with van der Waals surface area (Å²) in [7, 11) is -2.48. The van der Waals surface area contributed by atoms with Gasteiger partial charge in [0.1, 0.15) is 0 Å². The van der Waals surface area contributed by atoms with Gasteiger partial charge in [-0.05, 0) is 21.8 Å². The summed E-state index contributed by atoms with van der Waals surface area (Å²) >= 11 is 0. The highest BCUT2D eigenvalue weighted by atomic mass is 28.4. The SMILES string of the molecule is CC(C)(C)[Si](O[C@@H]1CN[C@H](CO)C1)(c1ccccc1)c1ccccc1. The monoisotopic (exact) mass is 355 g/mol. The molecule has 0 saturated carbocycles. The van der Waals surface area contributed by atoms with Crippen molar-refractivity contribution in [2.75, 3.05) is 13.2 Å². The molecule has 0 unspecified atom stereocenters. The van der Waals surface area contributed by atoms with Crippen LogP contribution in [0.15, 0.2) is 60.7 Å². The molecular formula is C21H29NO2Si. The van der Waals surface area contributed by atoms with Crippen molar-refractivity contribution < 1.29 is 9.53 Å². The van der Waals surface area contributed by atoms with Gasteiger partial charge in [-0.1, -0.05) is 81.4 Å². The Labute approximate surface area is 152 Å². The summed E-state index contributed by atoms with van der Waals surface area (Å²) in [5, 5.41) is 15.5. The minimum Gasteiger partial charge on any atom is -0.403 e. The van der Waals surface area contributed by atoms with Crippen LogP contribution in [0, 0.1) is 0 Å². The van der Waals surface area contributed by atoms with E-state index in [1.807, 2.05) is 0 Å². The second kappa shape index (κ2) is 7.42. The van der Waals surface area contributed by atoms with E-state index in [2.05, 4.69) is 86.8 Å². The average Bonchev–Trinajstić information content (AvgIpc) is 3.08. The molecule has 25 heavy (non-hydrogen) atoms. The molecule has 3 nitrogen and oxygen atoms in total. The van der Waals surface area contributed by atoms with Crippen molar-refractivity contribution in [3.8, 4) is 0 Å². The number of aliphatic hydroxyl groups is 1. The third-order valence-electron chi connectivity index (χ3n) is 5.16. The van der Waals surface area contributed by atoms with E-state index < -0.39 is 8.32 Å². The van der Waals surface area contributed by atoms with Crippen LogP contribution in [0.4, 0.5) is 0 Å². The predicted molar refractivity (Wildman–Crippen MR) is 106 cm³/mol. The molecule has 0 radical (unpaired) electrons. The van der Waals surface area contributed by atoms with Gasteiger partial charge in [-0.3, -0.25) is 0 Å². The van der Waals surface area contributed by atoms with Crippen molar-refractivity contribution in [2.45, 2.75) is 44.4 Å². The van der Waals surface area contributed by atoms with Crippen LogP contribution in [0.3, 0.4) is 0 Å². The molecule has 0 amide bonds. The van der Waals surface area contributed by atoms with E-state index in [4.69, 9.17) is 4.43 Å². The summed E-state index contributed by atoms with van der Waals surface area (Å²) in [4.78, 5) is 0. The summed E-state index contributed by atoms with van der Waals surface area (Å²) in [6.07, 6.45) is 0.990. The molecule has 2 N–H and O–H groups in total. The average molecular weight is 356 g/mol. The lowest BCUT2D eigenvalue weighted by Gasteiger charge is -2.44. The van der Waals surface area contributed by atoms with Crippen LogP contribution in [-0.4, -0.2) is 38.7 Å². The topological polar surface area (TPSA) is 41.5 Å². The van der Waals surface area contributed by atoms with Crippen LogP contribution in [0.25, 0.3) is 0 Å². The Kier molecular flexibility index (Phi) is 5.44. The van der Waals surface area contributed by atoms with Crippen molar-refractivity contribution in [3.63, 3.8) is 0 Å². The molecule has 2 aromatic carbocycles. The number of hydrogen-bond donors (Lipinski definition) is 2. The molecule has 0 aromatic heterocycles. The van der Waals surface area contributed by atoms with Crippen molar-refractivity contribution in [3.05, 3.63) is 60.7 Å². The number of hydrogen-bond acceptors (Lipinski definition) is 3. The molecule has 1 aliphatic rings. The Bertz CT molecular complexity index is 630. The molecule has 0 aliphatic carbocycles. The second-order valence-electron chi connectivity index (χ2n) is 7.93. The summed E-state index contributed by atoms with van der Waals surface area (Å²) < 4.78 is 7.03. The minimum atomic E-state index is -2.48. The Morgan fingerprint density at radius 3 is 1.92 bits per heavy atom. The van der Waals surface area contributed by atoms with E-state index in [0.29, 0.717) is 0 Å². The van der Waals surface area contributed by atoms with Gasteiger partial charge in [-0.15, -0.1) is 0 Å². The fraction of sp³-hybridized carbons (Fsp3) is 0.429. The van der Waals surface area contributed by atoms with E-state index in [-0.39, 0.29) is 23.8 Å². The fourth-order valence-electron chi connectivity index (χ4n) is 3.95. The van der Waals surface area contributed by atoms with E-state index in [0.717, 1.165) is 13.0 Å². The van der Waals surface area contributed by atoms with Crippen molar-refractivity contribution in [1.29, 1.82) is 0 Å². The van der Waals surface area contributed by atoms with Crippen molar-refractivity contribution >= 4 is 18.7 Å². The first-order chi connectivity index (χ1) is 12.0. The third-order valence-corrected chi connectivity index (χ3v) is 10.3. The first-order valence-electron chi connectivity index (χ1n) is 9.10. The molecular weight excluding hydrogens is 326 g/mol. The van der Waals surface area contributed by atoms with E-state index >= 15 is 0 Å². The highest BCUT2D eigenvalue weighted by molar-refractivity contribution is 6.99. The van der Waals surface area contributed by atoms with Gasteiger partial charge in [0.2, 0.25) is 0 Å². The van der Waals surface area contributed by atoms with Gasteiger partial charge in [-0.2, -0.15) is 0 Å². The zero-order valence-corrected chi connectivity index (χ0v) is 16.4. The molecule has 2 aromatic rings. The normalized spacial score (nSPS) is 21.4. The van der Waals surface area contributed by atoms with Gasteiger partial charge < -0.3 is 14.8 Å². The van der Waals surface area contributed by atoms with Gasteiger partial charge in [0.25, 0.3) is 8.32 Å². The molecule has 0 spiro atoms. The number of aliphatic hydroxyl groups excluding tert-OH is 1. The summed E-state index contributed by atoms with van der Waals surface area (Å²) in [5.74, 6) is 0. The maximum atomic E-state index is 9.47. The largest absolute Gasteiger partial charge is 0.403 e. The van der Waals surface area contributed by atoms with Gasteiger partial charge in [-0.25, -0.2) is 0 Å². The third kappa shape index (κ3) is 3.58. The maximum Gasteiger partial charge on any atom is 0.261 e. The maximum absolute atomic E-state index is 9.47. The molecule has 1 aliphatic heterocycles. The lowest BCUT2D eigenvalue weighted by molar-refractivity contribution is 0.194. The van der Waals surface area contributed by atoms with Gasteiger partial charge in [0.05, 0.1) is 12.7 Å². The molecule has 1 saturated heterocycles. The summed E-state index contributed by atoms with van der Waals surface area (Å²) in [5.41, 5.74) is 0. The summed E-state index contributed by atoms with van der Waals surface area (Å²) in [6.45, 7) is 7.86. The quantitative estimate of drug-likeness (QED) is 0.809. The summed E-state index contributed by atoms with van der Waals surface area (Å²) in [6, 6.07) is 21.6. The molecule has 3 rings (SSSR count). The molecule has 134 valence electrons. The predicted octanol–water partition coefficient (Wildman–Crippen LogP) is 2.29. The smallest absolute Gasteiger partial charge is 0.261 e. The highest BCUT2D eigenvalue weighted by Crippen LogP contribution is 2.38. The Morgan fingerprint density at radius 2 is 1.52 bits per heavy atom. The van der Waals surface area contributed by atoms with Crippen LogP contribution in [0.2, 0.25) is 5.04 Å². The number of nitrogens with one attached hydrogen (secondary N) is 1. The van der Waals surface area contributed by atoms with E-state index in [1.165, 1.54) is 10.4 Å². The van der Waals surface area contributed by atoms with Gasteiger partial charge in [0.15, 0.2) is 0 Å². The highest BCUT2D eigenvalue weighted by Gasteiger charge is 2.51. The molecule has 2 atom stereocenters. The van der Waals surface area contributed by atoms with Crippen molar-refractivity contribution in [2.24, 2.45) is 0 Å².